The standard InChI is InChI=1S/C11H10N2O5S/c1-5(14)9-10-6(13(12-9)4-8(15)16)3-7(19-10)11(17)18-2/h3H,4H2,1-2H3,(H,15,16). The molecular formula is C11H10N2O5S. The Balaban J connectivity index is 2.63. The van der Waals surface area contributed by atoms with Gasteiger partial charge in [-0.15, -0.1) is 11.3 Å². The van der Waals surface area contributed by atoms with Crippen molar-refractivity contribution >= 4 is 39.3 Å². The number of ether oxygens (including phenoxy) is 1. The van der Waals surface area contributed by atoms with Crippen LogP contribution in [-0.4, -0.2) is 39.7 Å². The van der Waals surface area contributed by atoms with E-state index in [-0.39, 0.29) is 18.0 Å². The molecule has 0 aliphatic rings. The highest BCUT2D eigenvalue weighted by molar-refractivity contribution is 7.21. The van der Waals surface area contributed by atoms with Gasteiger partial charge in [0.25, 0.3) is 0 Å². The fraction of sp³-hybridized carbons (Fsp3) is 0.273. The summed E-state index contributed by atoms with van der Waals surface area (Å²) in [6.45, 7) is 0.964. The van der Waals surface area contributed by atoms with Crippen LogP contribution in [0.25, 0.3) is 10.2 Å². The number of hydrogen-bond donors (Lipinski definition) is 1. The molecule has 0 aliphatic carbocycles. The van der Waals surface area contributed by atoms with Crippen LogP contribution in [0.15, 0.2) is 6.07 Å². The highest BCUT2D eigenvalue weighted by atomic mass is 32.1. The van der Waals surface area contributed by atoms with E-state index in [1.165, 1.54) is 24.8 Å². The molecule has 0 saturated heterocycles. The Labute approximate surface area is 111 Å². The van der Waals surface area contributed by atoms with Crippen LogP contribution in [0.3, 0.4) is 0 Å². The van der Waals surface area contributed by atoms with Crippen molar-refractivity contribution in [1.29, 1.82) is 0 Å². The maximum Gasteiger partial charge on any atom is 0.348 e. The van der Waals surface area contributed by atoms with E-state index in [2.05, 4.69) is 9.84 Å². The summed E-state index contributed by atoms with van der Waals surface area (Å²) >= 11 is 1.06. The number of carbonyl (C=O) groups excluding carboxylic acids is 2. The molecule has 0 fully saturated rings. The first-order valence-corrected chi connectivity index (χ1v) is 6.07. The van der Waals surface area contributed by atoms with Crippen LogP contribution in [0.1, 0.15) is 27.1 Å². The van der Waals surface area contributed by atoms with Gasteiger partial charge in [0, 0.05) is 6.92 Å². The fourth-order valence-corrected chi connectivity index (χ4v) is 2.75. The van der Waals surface area contributed by atoms with Crippen LogP contribution in [0.2, 0.25) is 0 Å². The monoisotopic (exact) mass is 282 g/mol. The number of carbonyl (C=O) groups is 3. The molecule has 0 spiro atoms. The van der Waals surface area contributed by atoms with Crippen molar-refractivity contribution < 1.29 is 24.2 Å². The largest absolute Gasteiger partial charge is 0.480 e. The van der Waals surface area contributed by atoms with E-state index >= 15 is 0 Å². The lowest BCUT2D eigenvalue weighted by Gasteiger charge is -1.97. The molecule has 19 heavy (non-hydrogen) atoms. The second-order valence-electron chi connectivity index (χ2n) is 3.77. The highest BCUT2D eigenvalue weighted by Gasteiger charge is 2.21. The summed E-state index contributed by atoms with van der Waals surface area (Å²) in [5, 5.41) is 12.8. The molecule has 7 nitrogen and oxygen atoms in total. The van der Waals surface area contributed by atoms with Crippen molar-refractivity contribution in [2.45, 2.75) is 13.5 Å². The second kappa shape index (κ2) is 4.81. The number of Topliss-reactive ketones (excluding diaryl/α,β-unsaturated/α-hetero) is 1. The topological polar surface area (TPSA) is 98.5 Å². The number of aliphatic carboxylic acids is 1. The molecule has 1 N–H and O–H groups in total. The molecule has 0 aliphatic heterocycles. The zero-order chi connectivity index (χ0) is 14.2. The van der Waals surface area contributed by atoms with Gasteiger partial charge in [0.15, 0.2) is 5.78 Å². The first-order valence-electron chi connectivity index (χ1n) is 5.25. The number of fused-ring (bicyclic) bond motifs is 1. The third kappa shape index (κ3) is 2.34. The maximum atomic E-state index is 11.5. The zero-order valence-corrected chi connectivity index (χ0v) is 11.0. The van der Waals surface area contributed by atoms with Crippen molar-refractivity contribution in [2.75, 3.05) is 7.11 Å². The molecule has 0 bridgehead atoms. The lowest BCUT2D eigenvalue weighted by molar-refractivity contribution is -0.137. The third-order valence-corrected chi connectivity index (χ3v) is 3.54. The molecule has 2 heterocycles. The molecule has 0 atom stereocenters. The summed E-state index contributed by atoms with van der Waals surface area (Å²) in [7, 11) is 1.25. The van der Waals surface area contributed by atoms with Gasteiger partial charge in [-0.3, -0.25) is 14.3 Å². The van der Waals surface area contributed by atoms with E-state index in [1.54, 1.807) is 0 Å². The van der Waals surface area contributed by atoms with Crippen LogP contribution in [0.4, 0.5) is 0 Å². The van der Waals surface area contributed by atoms with Crippen LogP contribution in [-0.2, 0) is 16.1 Å². The van der Waals surface area contributed by atoms with Crippen LogP contribution >= 0.6 is 11.3 Å². The second-order valence-corrected chi connectivity index (χ2v) is 4.82. The number of ketones is 1. The predicted molar refractivity (Wildman–Crippen MR) is 66.6 cm³/mol. The van der Waals surface area contributed by atoms with Gasteiger partial charge < -0.3 is 9.84 Å². The van der Waals surface area contributed by atoms with E-state index in [4.69, 9.17) is 5.11 Å². The number of hydrogen-bond acceptors (Lipinski definition) is 6. The summed E-state index contributed by atoms with van der Waals surface area (Å²) in [6.07, 6.45) is 0. The van der Waals surface area contributed by atoms with E-state index in [9.17, 15) is 14.4 Å². The van der Waals surface area contributed by atoms with Crippen molar-refractivity contribution in [3.63, 3.8) is 0 Å². The minimum Gasteiger partial charge on any atom is -0.480 e. The average Bonchev–Trinajstić information content (AvgIpc) is 2.88. The quantitative estimate of drug-likeness (QED) is 0.667. The molecule has 8 heteroatoms. The Kier molecular flexibility index (Phi) is 3.34. The Morgan fingerprint density at radius 1 is 1.47 bits per heavy atom. The summed E-state index contributed by atoms with van der Waals surface area (Å²) in [6, 6.07) is 1.48. The summed E-state index contributed by atoms with van der Waals surface area (Å²) in [4.78, 5) is 34.0. The van der Waals surface area contributed by atoms with Crippen LogP contribution < -0.4 is 0 Å². The number of esters is 1. The number of nitrogens with zero attached hydrogens (tertiary/aromatic N) is 2. The number of thiophene rings is 1. The third-order valence-electron chi connectivity index (χ3n) is 2.43. The molecule has 0 unspecified atom stereocenters. The Morgan fingerprint density at radius 3 is 2.68 bits per heavy atom. The van der Waals surface area contributed by atoms with Gasteiger partial charge in [0.05, 0.1) is 17.3 Å². The molecule has 0 saturated carbocycles. The van der Waals surface area contributed by atoms with E-state index in [1.807, 2.05) is 0 Å². The molecule has 0 amide bonds. The first kappa shape index (κ1) is 13.2. The van der Waals surface area contributed by atoms with Gasteiger partial charge >= 0.3 is 11.9 Å². The summed E-state index contributed by atoms with van der Waals surface area (Å²) in [5.74, 6) is -1.89. The van der Waals surface area contributed by atoms with Crippen LogP contribution in [0.5, 0.6) is 0 Å². The van der Waals surface area contributed by atoms with Crippen molar-refractivity contribution in [2.24, 2.45) is 0 Å². The number of aromatic nitrogens is 2. The number of carboxylic acid groups (broad SMARTS) is 1. The van der Waals surface area contributed by atoms with Gasteiger partial charge in [-0.25, -0.2) is 4.79 Å². The highest BCUT2D eigenvalue weighted by Crippen LogP contribution is 2.29. The predicted octanol–water partition coefficient (Wildman–Crippen LogP) is 1.17. The Morgan fingerprint density at radius 2 is 2.16 bits per heavy atom. The van der Waals surface area contributed by atoms with Crippen molar-refractivity contribution in [1.82, 2.24) is 9.78 Å². The number of carboxylic acids is 1. The minimum atomic E-state index is -1.08. The molecule has 2 rings (SSSR count). The molecule has 100 valence electrons. The van der Waals surface area contributed by atoms with E-state index < -0.39 is 11.9 Å². The van der Waals surface area contributed by atoms with Gasteiger partial charge in [-0.2, -0.15) is 5.10 Å². The molecular weight excluding hydrogens is 272 g/mol. The zero-order valence-electron chi connectivity index (χ0n) is 10.2. The molecule has 0 radical (unpaired) electrons. The Hall–Kier alpha value is -2.22. The fourth-order valence-electron chi connectivity index (χ4n) is 1.64. The lowest BCUT2D eigenvalue weighted by Crippen LogP contribution is -2.10. The number of rotatable bonds is 4. The van der Waals surface area contributed by atoms with Gasteiger partial charge in [0.2, 0.25) is 0 Å². The molecule has 2 aromatic heterocycles. The smallest absolute Gasteiger partial charge is 0.348 e. The lowest BCUT2D eigenvalue weighted by atomic mass is 10.3. The summed E-state index contributed by atoms with van der Waals surface area (Å²) in [5.41, 5.74) is 0.606. The maximum absolute atomic E-state index is 11.5. The molecule has 0 aromatic carbocycles. The SMILES string of the molecule is COC(=O)c1cc2c(s1)c(C(C)=O)nn2CC(=O)O. The average molecular weight is 282 g/mol. The van der Waals surface area contributed by atoms with Crippen LogP contribution in [0, 0.1) is 0 Å². The van der Waals surface area contributed by atoms with Crippen molar-refractivity contribution in [3.05, 3.63) is 16.6 Å². The van der Waals surface area contributed by atoms with Gasteiger partial charge in [-0.1, -0.05) is 0 Å². The Bertz CT molecular complexity index is 685. The summed E-state index contributed by atoms with van der Waals surface area (Å²) < 4.78 is 6.28. The van der Waals surface area contributed by atoms with E-state index in [0.29, 0.717) is 15.1 Å². The normalized spacial score (nSPS) is 10.6. The van der Waals surface area contributed by atoms with Crippen molar-refractivity contribution in [3.8, 4) is 0 Å². The number of methoxy groups -OCH3 is 1. The van der Waals surface area contributed by atoms with Gasteiger partial charge in [-0.05, 0) is 6.07 Å². The molecule has 2 aromatic rings. The minimum absolute atomic E-state index is 0.163. The first-order chi connectivity index (χ1) is 8.93. The van der Waals surface area contributed by atoms with Gasteiger partial charge in [0.1, 0.15) is 17.1 Å². The van der Waals surface area contributed by atoms with E-state index in [0.717, 1.165) is 11.3 Å².